The molecular weight excluding hydrogens is 182 g/mol. The van der Waals surface area contributed by atoms with Crippen LogP contribution in [0.25, 0.3) is 0 Å². The third kappa shape index (κ3) is 3.35. The van der Waals surface area contributed by atoms with Crippen molar-refractivity contribution in [2.75, 3.05) is 6.61 Å². The van der Waals surface area contributed by atoms with Gasteiger partial charge in [-0.25, -0.2) is 0 Å². The van der Waals surface area contributed by atoms with Crippen molar-refractivity contribution in [3.63, 3.8) is 0 Å². The fraction of sp³-hybridized carbons (Fsp3) is 0.300. The smallest absolute Gasteiger partial charge is 0.120 e. The maximum absolute atomic E-state index is 10.1. The van der Waals surface area contributed by atoms with Crippen LogP contribution in [-0.2, 0) is 4.79 Å². The quantitative estimate of drug-likeness (QED) is 0.396. The largest absolute Gasteiger partial charge is 0.494 e. The molecule has 0 aliphatic carbocycles. The molecule has 0 bridgehead atoms. The van der Waals surface area contributed by atoms with Gasteiger partial charge in [-0.1, -0.05) is 0 Å². The summed E-state index contributed by atoms with van der Waals surface area (Å²) < 4.78 is 5.30. The third-order valence-corrected chi connectivity index (χ3v) is 1.68. The van der Waals surface area contributed by atoms with E-state index >= 15 is 0 Å². The Bertz CT molecular complexity index is 295. The van der Waals surface area contributed by atoms with E-state index in [4.69, 9.17) is 4.74 Å². The zero-order chi connectivity index (χ0) is 10.2. The van der Waals surface area contributed by atoms with Crippen LogP contribution in [0.15, 0.2) is 29.4 Å². The average molecular weight is 193 g/mol. The zero-order valence-corrected chi connectivity index (χ0v) is 7.68. The summed E-state index contributed by atoms with van der Waals surface area (Å²) in [5.74, 6) is 0.684. The van der Waals surface area contributed by atoms with Crippen LogP contribution in [0.4, 0.5) is 5.69 Å². The van der Waals surface area contributed by atoms with Crippen molar-refractivity contribution in [1.29, 1.82) is 0 Å². The predicted octanol–water partition coefficient (Wildman–Crippen LogP) is 2.44. The van der Waals surface area contributed by atoms with Crippen LogP contribution in [0.3, 0.4) is 0 Å². The van der Waals surface area contributed by atoms with Crippen LogP contribution in [-0.4, -0.2) is 12.9 Å². The number of nitrogens with zero attached hydrogens (tertiary/aromatic N) is 1. The molecule has 0 radical (unpaired) electrons. The Morgan fingerprint density at radius 2 is 2.00 bits per heavy atom. The van der Waals surface area contributed by atoms with Gasteiger partial charge in [0.1, 0.15) is 17.7 Å². The van der Waals surface area contributed by atoms with E-state index in [0.717, 1.165) is 6.29 Å². The average Bonchev–Trinajstić information content (AvgIpc) is 2.25. The van der Waals surface area contributed by atoms with Crippen LogP contribution in [0.2, 0.25) is 0 Å². The van der Waals surface area contributed by atoms with E-state index in [2.05, 4.69) is 5.18 Å². The first-order chi connectivity index (χ1) is 6.86. The number of hydrogen-bond donors (Lipinski definition) is 0. The van der Waals surface area contributed by atoms with E-state index in [1.54, 1.807) is 24.3 Å². The molecule has 0 aliphatic rings. The van der Waals surface area contributed by atoms with Crippen molar-refractivity contribution in [3.05, 3.63) is 29.2 Å². The minimum Gasteiger partial charge on any atom is -0.494 e. The summed E-state index contributed by atoms with van der Waals surface area (Å²) in [4.78, 5) is 20.1. The monoisotopic (exact) mass is 193 g/mol. The number of carbonyl (C=O) groups excluding carboxylic acids is 1. The van der Waals surface area contributed by atoms with Crippen LogP contribution in [0.5, 0.6) is 5.75 Å². The molecule has 0 atom stereocenters. The lowest BCUT2D eigenvalue weighted by Crippen LogP contribution is -1.96. The number of hydrogen-bond acceptors (Lipinski definition) is 4. The molecule has 74 valence electrons. The summed E-state index contributed by atoms with van der Waals surface area (Å²) in [6.45, 7) is 0.507. The van der Waals surface area contributed by atoms with Crippen LogP contribution in [0.1, 0.15) is 12.8 Å². The molecule has 4 heteroatoms. The van der Waals surface area contributed by atoms with E-state index in [1.807, 2.05) is 0 Å². The van der Waals surface area contributed by atoms with Gasteiger partial charge in [-0.15, -0.1) is 4.91 Å². The van der Waals surface area contributed by atoms with Crippen LogP contribution < -0.4 is 4.74 Å². The summed E-state index contributed by atoms with van der Waals surface area (Å²) in [7, 11) is 0. The zero-order valence-electron chi connectivity index (χ0n) is 7.68. The van der Waals surface area contributed by atoms with Gasteiger partial charge in [0.25, 0.3) is 0 Å². The standard InChI is InChI=1S/C10H11NO3/c12-7-1-2-8-14-10-5-3-9(11-13)4-6-10/h3-7H,1-2,8H2. The SMILES string of the molecule is O=CCCCOc1ccc(N=O)cc1. The summed E-state index contributed by atoms with van der Waals surface area (Å²) in [5.41, 5.74) is 0.380. The predicted molar refractivity (Wildman–Crippen MR) is 52.7 cm³/mol. The lowest BCUT2D eigenvalue weighted by Gasteiger charge is -2.03. The minimum absolute atomic E-state index is 0.380. The Morgan fingerprint density at radius 1 is 1.29 bits per heavy atom. The number of carbonyl (C=O) groups is 1. The number of aldehydes is 1. The number of nitroso groups, excluding NO2 is 1. The van der Waals surface area contributed by atoms with Gasteiger partial charge in [0.05, 0.1) is 6.61 Å². The lowest BCUT2D eigenvalue weighted by atomic mass is 10.3. The van der Waals surface area contributed by atoms with Gasteiger partial charge in [0.2, 0.25) is 0 Å². The third-order valence-electron chi connectivity index (χ3n) is 1.68. The van der Waals surface area contributed by atoms with Gasteiger partial charge in [-0.05, 0) is 35.9 Å². The second-order valence-corrected chi connectivity index (χ2v) is 2.74. The van der Waals surface area contributed by atoms with Crippen LogP contribution in [0, 0.1) is 4.91 Å². The van der Waals surface area contributed by atoms with Gasteiger partial charge in [0, 0.05) is 6.42 Å². The Hall–Kier alpha value is -1.71. The second kappa shape index (κ2) is 5.85. The lowest BCUT2D eigenvalue weighted by molar-refractivity contribution is -0.108. The summed E-state index contributed by atoms with van der Waals surface area (Å²) in [6.07, 6.45) is 2.08. The molecule has 0 aromatic heterocycles. The van der Waals surface area contributed by atoms with Gasteiger partial charge >= 0.3 is 0 Å². The first kappa shape index (κ1) is 10.4. The maximum atomic E-state index is 10.1. The van der Waals surface area contributed by atoms with Crippen molar-refractivity contribution < 1.29 is 9.53 Å². The first-order valence-corrected chi connectivity index (χ1v) is 4.36. The normalized spacial score (nSPS) is 9.43. The van der Waals surface area contributed by atoms with Crippen molar-refractivity contribution in [2.24, 2.45) is 5.18 Å². The van der Waals surface area contributed by atoms with Crippen molar-refractivity contribution >= 4 is 12.0 Å². The molecule has 4 nitrogen and oxygen atoms in total. The molecular formula is C10H11NO3. The second-order valence-electron chi connectivity index (χ2n) is 2.74. The number of ether oxygens (including phenoxy) is 1. The summed E-state index contributed by atoms with van der Waals surface area (Å²) in [5, 5.41) is 2.77. The van der Waals surface area contributed by atoms with Crippen LogP contribution >= 0.6 is 0 Å². The minimum atomic E-state index is 0.380. The number of benzene rings is 1. The highest BCUT2D eigenvalue weighted by molar-refractivity contribution is 5.49. The van der Waals surface area contributed by atoms with E-state index in [1.165, 1.54) is 0 Å². The molecule has 0 N–H and O–H groups in total. The molecule has 0 amide bonds. The molecule has 0 fully saturated rings. The molecule has 1 aromatic rings. The molecule has 0 saturated heterocycles. The topological polar surface area (TPSA) is 55.7 Å². The van der Waals surface area contributed by atoms with Gasteiger partial charge < -0.3 is 9.53 Å². The van der Waals surface area contributed by atoms with Crippen molar-refractivity contribution in [2.45, 2.75) is 12.8 Å². The van der Waals surface area contributed by atoms with Gasteiger partial charge in [0.15, 0.2) is 0 Å². The van der Waals surface area contributed by atoms with E-state index < -0.39 is 0 Å². The van der Waals surface area contributed by atoms with E-state index in [-0.39, 0.29) is 0 Å². The number of unbranched alkanes of at least 4 members (excludes halogenated alkanes) is 1. The van der Waals surface area contributed by atoms with Crippen molar-refractivity contribution in [1.82, 2.24) is 0 Å². The van der Waals surface area contributed by atoms with Gasteiger partial charge in [-0.3, -0.25) is 0 Å². The molecule has 0 heterocycles. The number of rotatable bonds is 6. The van der Waals surface area contributed by atoms with E-state index in [9.17, 15) is 9.70 Å². The van der Waals surface area contributed by atoms with E-state index in [0.29, 0.717) is 30.9 Å². The fourth-order valence-corrected chi connectivity index (χ4v) is 0.960. The molecule has 0 unspecified atom stereocenters. The fourth-order valence-electron chi connectivity index (χ4n) is 0.960. The van der Waals surface area contributed by atoms with Crippen molar-refractivity contribution in [3.8, 4) is 5.75 Å². The molecule has 0 spiro atoms. The molecule has 0 aliphatic heterocycles. The Labute approximate surface area is 81.9 Å². The molecule has 1 aromatic carbocycles. The first-order valence-electron chi connectivity index (χ1n) is 4.36. The molecule has 0 saturated carbocycles. The molecule has 14 heavy (non-hydrogen) atoms. The Kier molecular flexibility index (Phi) is 4.34. The molecule has 1 rings (SSSR count). The highest BCUT2D eigenvalue weighted by atomic mass is 16.5. The summed E-state index contributed by atoms with van der Waals surface area (Å²) in [6, 6.07) is 6.53. The Morgan fingerprint density at radius 3 is 2.57 bits per heavy atom. The maximum Gasteiger partial charge on any atom is 0.120 e. The highest BCUT2D eigenvalue weighted by Gasteiger charge is 1.94. The Balaban J connectivity index is 2.36. The highest BCUT2D eigenvalue weighted by Crippen LogP contribution is 2.17. The summed E-state index contributed by atoms with van der Waals surface area (Å²) >= 11 is 0. The van der Waals surface area contributed by atoms with Gasteiger partial charge in [-0.2, -0.15) is 0 Å².